The number of carbonyl (C=O) groups excluding carboxylic acids is 3. The van der Waals surface area contributed by atoms with Crippen LogP contribution >= 0.6 is 0 Å². The lowest BCUT2D eigenvalue weighted by Crippen LogP contribution is -2.52. The van der Waals surface area contributed by atoms with Crippen molar-refractivity contribution in [1.82, 2.24) is 19.0 Å². The number of rotatable bonds is 7. The average molecular weight is 406 g/mol. The van der Waals surface area contributed by atoms with Crippen molar-refractivity contribution < 1.29 is 22.8 Å². The summed E-state index contributed by atoms with van der Waals surface area (Å²) in [5, 5.41) is 0. The zero-order valence-corrected chi connectivity index (χ0v) is 16.2. The van der Waals surface area contributed by atoms with E-state index in [-0.39, 0.29) is 32.1 Å². The van der Waals surface area contributed by atoms with Gasteiger partial charge in [-0.2, -0.15) is 4.31 Å². The van der Waals surface area contributed by atoms with E-state index in [1.54, 1.807) is 29.2 Å². The van der Waals surface area contributed by atoms with E-state index < -0.39 is 27.9 Å². The van der Waals surface area contributed by atoms with Gasteiger partial charge in [-0.1, -0.05) is 36.4 Å². The Kier molecular flexibility index (Phi) is 5.92. The van der Waals surface area contributed by atoms with Gasteiger partial charge in [-0.3, -0.25) is 19.4 Å². The molecule has 10 heteroatoms. The molecule has 0 N–H and O–H groups in total. The molecule has 0 aliphatic carbocycles. The summed E-state index contributed by atoms with van der Waals surface area (Å²) >= 11 is 0. The summed E-state index contributed by atoms with van der Waals surface area (Å²) in [5.41, 5.74) is 0.721. The molecule has 4 amide bonds. The van der Waals surface area contributed by atoms with Crippen LogP contribution in [0, 0.1) is 0 Å². The standard InChI is InChI=1S/C18H22N4O5S/c1-2-8-21-16(23)17(24)22(18(21)25)14-19-9-11-20(12-10-19)28(26,27)13-15-6-4-3-5-7-15/h2-7H,1,8-14H2. The van der Waals surface area contributed by atoms with Gasteiger partial charge in [0.2, 0.25) is 10.0 Å². The first-order valence-electron chi connectivity index (χ1n) is 8.86. The van der Waals surface area contributed by atoms with Crippen molar-refractivity contribution in [3.63, 3.8) is 0 Å². The minimum Gasteiger partial charge on any atom is -0.283 e. The zero-order chi connectivity index (χ0) is 20.3. The van der Waals surface area contributed by atoms with Gasteiger partial charge in [-0.25, -0.2) is 18.1 Å². The van der Waals surface area contributed by atoms with E-state index in [0.29, 0.717) is 13.1 Å². The molecule has 0 saturated carbocycles. The Labute approximate surface area is 163 Å². The predicted octanol–water partition coefficient (Wildman–Crippen LogP) is 0.0683. The number of hydrogen-bond acceptors (Lipinski definition) is 6. The Morgan fingerprint density at radius 1 is 0.929 bits per heavy atom. The van der Waals surface area contributed by atoms with Crippen molar-refractivity contribution in [2.45, 2.75) is 5.75 Å². The SMILES string of the molecule is C=CCN1C(=O)C(=O)N(CN2CCN(S(=O)(=O)Cc3ccccc3)CC2)C1=O. The lowest BCUT2D eigenvalue weighted by atomic mass is 10.2. The van der Waals surface area contributed by atoms with Gasteiger partial charge < -0.3 is 0 Å². The Morgan fingerprint density at radius 3 is 2.14 bits per heavy atom. The lowest BCUT2D eigenvalue weighted by Gasteiger charge is -2.35. The third kappa shape index (κ3) is 4.13. The maximum absolute atomic E-state index is 12.6. The van der Waals surface area contributed by atoms with Gasteiger partial charge in [0.05, 0.1) is 12.4 Å². The highest BCUT2D eigenvalue weighted by Gasteiger charge is 2.44. The van der Waals surface area contributed by atoms with Crippen LogP contribution in [0.25, 0.3) is 0 Å². The van der Waals surface area contributed by atoms with E-state index in [2.05, 4.69) is 6.58 Å². The summed E-state index contributed by atoms with van der Waals surface area (Å²) in [5.74, 6) is -1.80. The third-order valence-electron chi connectivity index (χ3n) is 4.70. The first-order valence-corrected chi connectivity index (χ1v) is 10.5. The largest absolute Gasteiger partial charge is 0.335 e. The normalized spacial score (nSPS) is 19.5. The summed E-state index contributed by atoms with van der Waals surface area (Å²) in [6.45, 7) is 4.65. The maximum Gasteiger partial charge on any atom is 0.335 e. The molecule has 28 heavy (non-hydrogen) atoms. The molecule has 9 nitrogen and oxygen atoms in total. The highest BCUT2D eigenvalue weighted by atomic mass is 32.2. The molecule has 0 radical (unpaired) electrons. The number of hydrogen-bond donors (Lipinski definition) is 0. The van der Waals surface area contributed by atoms with Crippen LogP contribution in [0.15, 0.2) is 43.0 Å². The van der Waals surface area contributed by atoms with E-state index in [9.17, 15) is 22.8 Å². The predicted molar refractivity (Wildman–Crippen MR) is 101 cm³/mol. The van der Waals surface area contributed by atoms with Crippen LogP contribution in [0.5, 0.6) is 0 Å². The van der Waals surface area contributed by atoms with Gasteiger partial charge in [-0.05, 0) is 5.56 Å². The fourth-order valence-electron chi connectivity index (χ4n) is 3.19. The number of nitrogens with zero attached hydrogens (tertiary/aromatic N) is 4. The van der Waals surface area contributed by atoms with Crippen LogP contribution in [0.2, 0.25) is 0 Å². The molecule has 150 valence electrons. The third-order valence-corrected chi connectivity index (χ3v) is 6.55. The molecule has 0 spiro atoms. The topological polar surface area (TPSA) is 98.3 Å². The molecule has 3 rings (SSSR count). The Balaban J connectivity index is 1.57. The smallest absolute Gasteiger partial charge is 0.283 e. The summed E-state index contributed by atoms with van der Waals surface area (Å²) < 4.78 is 26.6. The Hall–Kier alpha value is -2.56. The first kappa shape index (κ1) is 20.2. The number of carbonyl (C=O) groups is 3. The molecule has 2 aliphatic rings. The number of piperazine rings is 1. The molecule has 2 aliphatic heterocycles. The fraction of sp³-hybridized carbons (Fsp3) is 0.389. The van der Waals surface area contributed by atoms with E-state index in [4.69, 9.17) is 0 Å². The van der Waals surface area contributed by atoms with Gasteiger partial charge in [0.25, 0.3) is 0 Å². The van der Waals surface area contributed by atoms with Crippen LogP contribution in [-0.4, -0.2) is 84.7 Å². The molecule has 0 aromatic heterocycles. The molecular weight excluding hydrogens is 384 g/mol. The first-order chi connectivity index (χ1) is 13.3. The molecule has 1 aromatic carbocycles. The summed E-state index contributed by atoms with van der Waals surface area (Å²) in [7, 11) is -3.45. The van der Waals surface area contributed by atoms with Crippen LogP contribution in [-0.2, 0) is 25.4 Å². The Bertz CT molecular complexity index is 878. The van der Waals surface area contributed by atoms with Crippen LogP contribution in [0.4, 0.5) is 4.79 Å². The number of urea groups is 1. The number of sulfonamides is 1. The second kappa shape index (κ2) is 8.21. The van der Waals surface area contributed by atoms with Crippen LogP contribution in [0.3, 0.4) is 0 Å². The highest BCUT2D eigenvalue weighted by molar-refractivity contribution is 7.88. The van der Waals surface area contributed by atoms with Crippen molar-refractivity contribution >= 4 is 27.9 Å². The Morgan fingerprint density at radius 2 is 1.54 bits per heavy atom. The van der Waals surface area contributed by atoms with Gasteiger partial charge in [0.15, 0.2) is 0 Å². The van der Waals surface area contributed by atoms with Gasteiger partial charge in [0, 0.05) is 32.7 Å². The number of imide groups is 2. The van der Waals surface area contributed by atoms with Crippen molar-refractivity contribution in [3.8, 4) is 0 Å². The fourth-order valence-corrected chi connectivity index (χ4v) is 4.71. The molecule has 0 atom stereocenters. The van der Waals surface area contributed by atoms with E-state index in [1.807, 2.05) is 6.07 Å². The average Bonchev–Trinajstić information content (AvgIpc) is 2.87. The molecule has 2 saturated heterocycles. The number of benzene rings is 1. The molecule has 2 heterocycles. The highest BCUT2D eigenvalue weighted by Crippen LogP contribution is 2.16. The van der Waals surface area contributed by atoms with Crippen molar-refractivity contribution in [2.24, 2.45) is 0 Å². The van der Waals surface area contributed by atoms with Gasteiger partial charge >= 0.3 is 17.8 Å². The van der Waals surface area contributed by atoms with Crippen LogP contribution < -0.4 is 0 Å². The summed E-state index contributed by atoms with van der Waals surface area (Å²) in [4.78, 5) is 39.7. The quantitative estimate of drug-likeness (QED) is 0.361. The monoisotopic (exact) mass is 406 g/mol. The van der Waals surface area contributed by atoms with Crippen molar-refractivity contribution in [3.05, 3.63) is 48.6 Å². The second-order valence-electron chi connectivity index (χ2n) is 6.62. The van der Waals surface area contributed by atoms with E-state index in [1.165, 1.54) is 10.4 Å². The molecular formula is C18H22N4O5S. The minimum atomic E-state index is -3.45. The second-order valence-corrected chi connectivity index (χ2v) is 8.59. The van der Waals surface area contributed by atoms with Gasteiger partial charge in [-0.15, -0.1) is 6.58 Å². The zero-order valence-electron chi connectivity index (χ0n) is 15.4. The van der Waals surface area contributed by atoms with Gasteiger partial charge in [0.1, 0.15) is 0 Å². The van der Waals surface area contributed by atoms with E-state index in [0.717, 1.165) is 15.4 Å². The molecule has 0 unspecified atom stereocenters. The van der Waals surface area contributed by atoms with Crippen molar-refractivity contribution in [1.29, 1.82) is 0 Å². The molecule has 0 bridgehead atoms. The summed E-state index contributed by atoms with van der Waals surface area (Å²) in [6.07, 6.45) is 1.38. The van der Waals surface area contributed by atoms with Crippen LogP contribution in [0.1, 0.15) is 5.56 Å². The number of amides is 4. The molecule has 2 fully saturated rings. The lowest BCUT2D eigenvalue weighted by molar-refractivity contribution is -0.143. The summed E-state index contributed by atoms with van der Waals surface area (Å²) in [6, 6.07) is 8.29. The molecule has 1 aromatic rings. The maximum atomic E-state index is 12.6. The van der Waals surface area contributed by atoms with Crippen molar-refractivity contribution in [2.75, 3.05) is 39.4 Å². The minimum absolute atomic E-state index is 0.0224. The van der Waals surface area contributed by atoms with E-state index >= 15 is 0 Å².